The molecule has 0 aliphatic heterocycles. The smallest absolute Gasteiger partial charge is 0.328 e. The summed E-state index contributed by atoms with van der Waals surface area (Å²) in [4.78, 5) is 11.3. The highest BCUT2D eigenvalue weighted by atomic mass is 32.2. The Hall–Kier alpha value is -1.22. The Labute approximate surface area is 129 Å². The van der Waals surface area contributed by atoms with Crippen molar-refractivity contribution in [2.24, 2.45) is 5.92 Å². The van der Waals surface area contributed by atoms with Crippen LogP contribution in [0.1, 0.15) is 24.3 Å². The zero-order chi connectivity index (χ0) is 16.0. The van der Waals surface area contributed by atoms with Gasteiger partial charge in [-0.2, -0.15) is 12.7 Å². The fourth-order valence-corrected chi connectivity index (χ4v) is 3.48. The van der Waals surface area contributed by atoms with Crippen LogP contribution in [0.25, 0.3) is 6.08 Å². The van der Waals surface area contributed by atoms with E-state index >= 15 is 0 Å². The van der Waals surface area contributed by atoms with Crippen molar-refractivity contribution in [3.63, 3.8) is 0 Å². The molecule has 0 aliphatic carbocycles. The van der Waals surface area contributed by atoms with Crippen molar-refractivity contribution in [3.8, 4) is 0 Å². The van der Waals surface area contributed by atoms with Gasteiger partial charge in [-0.25, -0.2) is 9.52 Å². The number of nitrogens with one attached hydrogen (secondary N) is 1. The highest BCUT2D eigenvalue weighted by Crippen LogP contribution is 2.18. The molecular formula is C13H20N2O4S2. The lowest BCUT2D eigenvalue weighted by Crippen LogP contribution is -2.39. The van der Waals surface area contributed by atoms with E-state index in [2.05, 4.69) is 4.72 Å². The predicted octanol–water partition coefficient (Wildman–Crippen LogP) is 1.77. The van der Waals surface area contributed by atoms with Crippen LogP contribution in [0.4, 0.5) is 0 Å². The first-order valence-corrected chi connectivity index (χ1v) is 8.72. The molecule has 0 radical (unpaired) electrons. The molecule has 0 saturated heterocycles. The average Bonchev–Trinajstić information content (AvgIpc) is 2.81. The summed E-state index contributed by atoms with van der Waals surface area (Å²) >= 11 is 1.39. The summed E-state index contributed by atoms with van der Waals surface area (Å²) in [6.07, 6.45) is 2.53. The molecule has 0 spiro atoms. The van der Waals surface area contributed by atoms with Crippen LogP contribution in [0.2, 0.25) is 0 Å². The molecule has 0 bridgehead atoms. The van der Waals surface area contributed by atoms with E-state index in [0.717, 1.165) is 16.5 Å². The molecular weight excluding hydrogens is 312 g/mol. The van der Waals surface area contributed by atoms with Crippen LogP contribution in [-0.4, -0.2) is 37.4 Å². The standard InChI is InChI=1S/C13H20N2O4S2/c1-10(2)7-14-21(18,19)15(3)8-12-6-11(9-20-12)4-5-13(16)17/h4-6,9-10,14H,7-8H2,1-3H3,(H,16,17)/b5-4+. The molecule has 0 amide bonds. The van der Waals surface area contributed by atoms with Crippen LogP contribution in [0.15, 0.2) is 17.5 Å². The number of carboxylic acids is 1. The van der Waals surface area contributed by atoms with Crippen molar-refractivity contribution >= 4 is 33.6 Å². The van der Waals surface area contributed by atoms with Gasteiger partial charge in [0.25, 0.3) is 10.2 Å². The Morgan fingerprint density at radius 1 is 1.52 bits per heavy atom. The number of carboxylic acid groups (broad SMARTS) is 1. The summed E-state index contributed by atoms with van der Waals surface area (Å²) in [7, 11) is -1.98. The maximum atomic E-state index is 12.0. The van der Waals surface area contributed by atoms with E-state index in [-0.39, 0.29) is 12.5 Å². The molecule has 8 heteroatoms. The van der Waals surface area contributed by atoms with Gasteiger partial charge in [0.05, 0.1) is 0 Å². The molecule has 0 fully saturated rings. The molecule has 0 aromatic carbocycles. The summed E-state index contributed by atoms with van der Waals surface area (Å²) in [5, 5.41) is 10.3. The maximum absolute atomic E-state index is 12.0. The van der Waals surface area contributed by atoms with Crippen LogP contribution < -0.4 is 4.72 Å². The molecule has 0 unspecified atom stereocenters. The van der Waals surface area contributed by atoms with Gasteiger partial charge in [-0.05, 0) is 29.0 Å². The van der Waals surface area contributed by atoms with Gasteiger partial charge >= 0.3 is 5.97 Å². The Morgan fingerprint density at radius 2 is 2.19 bits per heavy atom. The van der Waals surface area contributed by atoms with Crippen molar-refractivity contribution in [2.45, 2.75) is 20.4 Å². The van der Waals surface area contributed by atoms with Crippen molar-refractivity contribution in [3.05, 3.63) is 28.0 Å². The Morgan fingerprint density at radius 3 is 2.76 bits per heavy atom. The van der Waals surface area contributed by atoms with E-state index in [9.17, 15) is 13.2 Å². The summed E-state index contributed by atoms with van der Waals surface area (Å²) in [6, 6.07) is 1.78. The molecule has 0 saturated carbocycles. The van der Waals surface area contributed by atoms with E-state index in [0.29, 0.717) is 6.54 Å². The van der Waals surface area contributed by atoms with Crippen LogP contribution in [0.3, 0.4) is 0 Å². The van der Waals surface area contributed by atoms with Gasteiger partial charge in [-0.15, -0.1) is 11.3 Å². The minimum Gasteiger partial charge on any atom is -0.478 e. The molecule has 118 valence electrons. The number of hydrogen-bond donors (Lipinski definition) is 2. The summed E-state index contributed by atoms with van der Waals surface area (Å²) in [5.74, 6) is -0.775. The SMILES string of the molecule is CC(C)CNS(=O)(=O)N(C)Cc1cc(/C=C/C(=O)O)cs1. The van der Waals surface area contributed by atoms with E-state index in [1.54, 1.807) is 11.4 Å². The first-order valence-electron chi connectivity index (χ1n) is 6.40. The number of carbonyl (C=O) groups is 1. The zero-order valence-corrected chi connectivity index (χ0v) is 13.9. The summed E-state index contributed by atoms with van der Waals surface area (Å²) in [5.41, 5.74) is 0.748. The van der Waals surface area contributed by atoms with Gasteiger partial charge in [-0.1, -0.05) is 13.8 Å². The lowest BCUT2D eigenvalue weighted by Gasteiger charge is -2.17. The van der Waals surface area contributed by atoms with Crippen LogP contribution in [0.5, 0.6) is 0 Å². The Kier molecular flexibility index (Phi) is 6.53. The van der Waals surface area contributed by atoms with Gasteiger partial charge in [0.15, 0.2) is 0 Å². The highest BCUT2D eigenvalue weighted by Gasteiger charge is 2.18. The molecule has 2 N–H and O–H groups in total. The van der Waals surface area contributed by atoms with Crippen molar-refractivity contribution in [1.82, 2.24) is 9.03 Å². The minimum atomic E-state index is -3.49. The molecule has 0 aliphatic rings. The van der Waals surface area contributed by atoms with Crippen molar-refractivity contribution < 1.29 is 18.3 Å². The topological polar surface area (TPSA) is 86.7 Å². The quantitative estimate of drug-likeness (QED) is 0.710. The summed E-state index contributed by atoms with van der Waals surface area (Å²) < 4.78 is 27.8. The highest BCUT2D eigenvalue weighted by molar-refractivity contribution is 7.87. The monoisotopic (exact) mass is 332 g/mol. The minimum absolute atomic E-state index is 0.239. The molecule has 1 rings (SSSR count). The van der Waals surface area contributed by atoms with Crippen molar-refractivity contribution in [1.29, 1.82) is 0 Å². The van der Waals surface area contributed by atoms with Crippen molar-refractivity contribution in [2.75, 3.05) is 13.6 Å². The number of nitrogens with zero attached hydrogens (tertiary/aromatic N) is 1. The number of aliphatic carboxylic acids is 1. The maximum Gasteiger partial charge on any atom is 0.328 e. The van der Waals surface area contributed by atoms with E-state index in [4.69, 9.17) is 5.11 Å². The average molecular weight is 332 g/mol. The number of hydrogen-bond acceptors (Lipinski definition) is 4. The van der Waals surface area contributed by atoms with Gasteiger partial charge in [0.2, 0.25) is 0 Å². The second-order valence-corrected chi connectivity index (χ2v) is 7.88. The third kappa shape index (κ3) is 6.38. The normalized spacial score (nSPS) is 12.6. The van der Waals surface area contributed by atoms with Crippen LogP contribution in [0, 0.1) is 5.92 Å². The molecule has 0 atom stereocenters. The Bertz CT molecular complexity index is 605. The first kappa shape index (κ1) is 17.8. The number of rotatable bonds is 8. The van der Waals surface area contributed by atoms with E-state index in [1.165, 1.54) is 28.8 Å². The molecule has 21 heavy (non-hydrogen) atoms. The largest absolute Gasteiger partial charge is 0.478 e. The lowest BCUT2D eigenvalue weighted by atomic mass is 10.2. The van der Waals surface area contributed by atoms with Gasteiger partial charge in [0.1, 0.15) is 0 Å². The molecule has 1 aromatic heterocycles. The van der Waals surface area contributed by atoms with E-state index < -0.39 is 16.2 Å². The van der Waals surface area contributed by atoms with Gasteiger partial charge in [0, 0.05) is 31.1 Å². The third-order valence-electron chi connectivity index (χ3n) is 2.56. The van der Waals surface area contributed by atoms with Gasteiger partial charge < -0.3 is 5.11 Å². The molecule has 6 nitrogen and oxygen atoms in total. The summed E-state index contributed by atoms with van der Waals surface area (Å²) in [6.45, 7) is 4.51. The fraction of sp³-hybridized carbons (Fsp3) is 0.462. The third-order valence-corrected chi connectivity index (χ3v) is 4.98. The van der Waals surface area contributed by atoms with E-state index in [1.807, 2.05) is 13.8 Å². The fourth-order valence-electron chi connectivity index (χ4n) is 1.42. The zero-order valence-electron chi connectivity index (χ0n) is 12.2. The van der Waals surface area contributed by atoms with Crippen LogP contribution >= 0.6 is 11.3 Å². The molecule has 1 heterocycles. The lowest BCUT2D eigenvalue weighted by molar-refractivity contribution is -0.131. The second-order valence-electron chi connectivity index (χ2n) is 5.02. The Balaban J connectivity index is 2.66. The van der Waals surface area contributed by atoms with Crippen LogP contribution in [-0.2, 0) is 21.5 Å². The molecule has 1 aromatic rings. The number of thiophene rings is 1. The second kappa shape index (κ2) is 7.69. The van der Waals surface area contributed by atoms with Gasteiger partial charge in [-0.3, -0.25) is 0 Å². The first-order chi connectivity index (χ1) is 9.70. The predicted molar refractivity (Wildman–Crippen MR) is 84.2 cm³/mol.